The minimum Gasteiger partial charge on any atom is -0.210 e. The Labute approximate surface area is 125 Å². The smallest absolute Gasteiger partial charge is 0.210 e. The average molecular weight is 373 g/mol. The zero-order valence-electron chi connectivity index (χ0n) is 9.95. The maximum Gasteiger partial charge on any atom is 0.250 e. The lowest BCUT2D eigenvalue weighted by molar-refractivity contribution is 0.499. The summed E-state index contributed by atoms with van der Waals surface area (Å²) in [5, 5.41) is 0.440. The van der Waals surface area contributed by atoms with Gasteiger partial charge in [0.1, 0.15) is 4.21 Å². The Bertz CT molecular complexity index is 510. The molecule has 1 heterocycles. The van der Waals surface area contributed by atoms with Crippen LogP contribution in [0.5, 0.6) is 0 Å². The fraction of sp³-hybridized carbons (Fsp3) is 0.636. The molecule has 0 aromatic carbocycles. The average Bonchev–Trinajstić information content (AvgIpc) is 2.84. The molecular formula is C11H15BrClNO2S2. The number of halogens is 2. The predicted octanol–water partition coefficient (Wildman–Crippen LogP) is 3.88. The van der Waals surface area contributed by atoms with Crippen LogP contribution in [0.3, 0.4) is 0 Å². The van der Waals surface area contributed by atoms with E-state index in [0.29, 0.717) is 27.2 Å². The van der Waals surface area contributed by atoms with E-state index in [0.717, 1.165) is 24.2 Å². The summed E-state index contributed by atoms with van der Waals surface area (Å²) in [6.45, 7) is 2.74. The van der Waals surface area contributed by atoms with Crippen molar-refractivity contribution in [2.45, 2.75) is 30.4 Å². The van der Waals surface area contributed by atoms with Crippen molar-refractivity contribution in [3.05, 3.63) is 14.9 Å². The maximum absolute atomic E-state index is 12.1. The van der Waals surface area contributed by atoms with Crippen LogP contribution in [0.2, 0.25) is 5.02 Å². The van der Waals surface area contributed by atoms with Gasteiger partial charge in [0.2, 0.25) is 10.0 Å². The van der Waals surface area contributed by atoms with Gasteiger partial charge in [0.15, 0.2) is 0 Å². The zero-order chi connectivity index (χ0) is 13.3. The molecule has 2 unspecified atom stereocenters. The van der Waals surface area contributed by atoms with Crippen molar-refractivity contribution >= 4 is 48.9 Å². The first kappa shape index (κ1) is 14.8. The standard InChI is InChI=1S/C11H15BrClNO2S2/c1-7-2-3-8(4-7)6-14-18(15,16)10-5-9(13)11(12)17-10/h5,7-8,14H,2-4,6H2,1H3. The van der Waals surface area contributed by atoms with E-state index in [4.69, 9.17) is 11.6 Å². The normalized spacial score (nSPS) is 24.6. The first-order valence-electron chi connectivity index (χ1n) is 5.83. The summed E-state index contributed by atoms with van der Waals surface area (Å²) in [4.78, 5) is 0. The van der Waals surface area contributed by atoms with Crippen LogP contribution in [0.15, 0.2) is 14.1 Å². The van der Waals surface area contributed by atoms with Crippen molar-refractivity contribution in [1.29, 1.82) is 0 Å². The molecule has 1 aromatic heterocycles. The van der Waals surface area contributed by atoms with E-state index in [9.17, 15) is 8.42 Å². The Morgan fingerprint density at radius 1 is 1.56 bits per heavy atom. The summed E-state index contributed by atoms with van der Waals surface area (Å²) in [6.07, 6.45) is 3.42. The van der Waals surface area contributed by atoms with Crippen LogP contribution in [0, 0.1) is 11.8 Å². The van der Waals surface area contributed by atoms with Gasteiger partial charge >= 0.3 is 0 Å². The molecular weight excluding hydrogens is 358 g/mol. The fourth-order valence-electron chi connectivity index (χ4n) is 2.27. The third-order valence-corrected chi connectivity index (χ3v) is 7.62. The Kier molecular flexibility index (Phi) is 4.75. The molecule has 2 rings (SSSR count). The van der Waals surface area contributed by atoms with Crippen molar-refractivity contribution in [3.63, 3.8) is 0 Å². The second-order valence-corrected chi connectivity index (χ2v) is 9.59. The highest BCUT2D eigenvalue weighted by atomic mass is 79.9. The van der Waals surface area contributed by atoms with E-state index in [1.165, 1.54) is 12.5 Å². The molecule has 0 radical (unpaired) electrons. The number of thiophene rings is 1. The topological polar surface area (TPSA) is 46.2 Å². The molecule has 18 heavy (non-hydrogen) atoms. The molecule has 102 valence electrons. The Balaban J connectivity index is 1.99. The number of hydrogen-bond acceptors (Lipinski definition) is 3. The molecule has 0 bridgehead atoms. The Morgan fingerprint density at radius 3 is 2.78 bits per heavy atom. The van der Waals surface area contributed by atoms with Crippen LogP contribution >= 0.6 is 38.9 Å². The molecule has 0 spiro atoms. The number of nitrogens with one attached hydrogen (secondary N) is 1. The van der Waals surface area contributed by atoms with Crippen molar-refractivity contribution in [2.75, 3.05) is 6.54 Å². The van der Waals surface area contributed by atoms with Gasteiger partial charge in [0, 0.05) is 6.54 Å². The first-order chi connectivity index (χ1) is 8.38. The Morgan fingerprint density at radius 2 is 2.28 bits per heavy atom. The van der Waals surface area contributed by atoms with Crippen molar-refractivity contribution in [1.82, 2.24) is 4.72 Å². The summed E-state index contributed by atoms with van der Waals surface area (Å²) in [7, 11) is -3.41. The number of rotatable bonds is 4. The highest BCUT2D eigenvalue weighted by molar-refractivity contribution is 9.11. The lowest BCUT2D eigenvalue weighted by atomic mass is 10.1. The lowest BCUT2D eigenvalue weighted by Crippen LogP contribution is -2.28. The number of hydrogen-bond donors (Lipinski definition) is 1. The fourth-order valence-corrected chi connectivity index (χ4v) is 5.83. The van der Waals surface area contributed by atoms with Crippen LogP contribution in [0.4, 0.5) is 0 Å². The molecule has 1 N–H and O–H groups in total. The van der Waals surface area contributed by atoms with Gasteiger partial charge in [-0.05, 0) is 46.7 Å². The predicted molar refractivity (Wildman–Crippen MR) is 78.7 cm³/mol. The Hall–Kier alpha value is 0.380. The van der Waals surface area contributed by atoms with Gasteiger partial charge < -0.3 is 0 Å². The zero-order valence-corrected chi connectivity index (χ0v) is 13.9. The van der Waals surface area contributed by atoms with Crippen molar-refractivity contribution in [2.24, 2.45) is 11.8 Å². The second-order valence-electron chi connectivity index (χ2n) is 4.82. The van der Waals surface area contributed by atoms with E-state index in [2.05, 4.69) is 27.6 Å². The SMILES string of the molecule is CC1CCC(CNS(=O)(=O)c2cc(Cl)c(Br)s2)C1. The van der Waals surface area contributed by atoms with Gasteiger partial charge in [-0.1, -0.05) is 24.9 Å². The molecule has 1 fully saturated rings. The van der Waals surface area contributed by atoms with E-state index in [-0.39, 0.29) is 4.21 Å². The van der Waals surface area contributed by atoms with Crippen LogP contribution in [0.25, 0.3) is 0 Å². The molecule has 1 saturated carbocycles. The molecule has 0 aliphatic heterocycles. The second kappa shape index (κ2) is 5.79. The third kappa shape index (κ3) is 3.48. The van der Waals surface area contributed by atoms with Crippen LogP contribution in [-0.2, 0) is 10.0 Å². The van der Waals surface area contributed by atoms with Crippen LogP contribution in [0.1, 0.15) is 26.2 Å². The van der Waals surface area contributed by atoms with Gasteiger partial charge in [-0.25, -0.2) is 13.1 Å². The maximum atomic E-state index is 12.1. The molecule has 1 aliphatic carbocycles. The molecule has 0 amide bonds. The summed E-state index contributed by atoms with van der Waals surface area (Å²) < 4.78 is 27.7. The highest BCUT2D eigenvalue weighted by Crippen LogP contribution is 2.35. The minimum absolute atomic E-state index is 0.269. The van der Waals surface area contributed by atoms with Gasteiger partial charge in [-0.2, -0.15) is 0 Å². The lowest BCUT2D eigenvalue weighted by Gasteiger charge is -2.10. The summed E-state index contributed by atoms with van der Waals surface area (Å²) in [5.74, 6) is 1.18. The third-order valence-electron chi connectivity index (χ3n) is 3.25. The van der Waals surface area contributed by atoms with Gasteiger partial charge in [-0.15, -0.1) is 11.3 Å². The number of sulfonamides is 1. The summed E-state index contributed by atoms with van der Waals surface area (Å²) in [5.41, 5.74) is 0. The van der Waals surface area contributed by atoms with Gasteiger partial charge in [-0.3, -0.25) is 0 Å². The molecule has 1 aliphatic rings. The first-order valence-corrected chi connectivity index (χ1v) is 9.30. The molecule has 2 atom stereocenters. The van der Waals surface area contributed by atoms with Gasteiger partial charge in [0.05, 0.1) is 8.81 Å². The van der Waals surface area contributed by atoms with Gasteiger partial charge in [0.25, 0.3) is 0 Å². The molecule has 1 aromatic rings. The highest BCUT2D eigenvalue weighted by Gasteiger charge is 2.24. The van der Waals surface area contributed by atoms with Crippen LogP contribution < -0.4 is 4.72 Å². The summed E-state index contributed by atoms with van der Waals surface area (Å²) >= 11 is 10.2. The van der Waals surface area contributed by atoms with Crippen molar-refractivity contribution < 1.29 is 8.42 Å². The van der Waals surface area contributed by atoms with E-state index < -0.39 is 10.0 Å². The summed E-state index contributed by atoms with van der Waals surface area (Å²) in [6, 6.07) is 1.48. The van der Waals surface area contributed by atoms with E-state index >= 15 is 0 Å². The van der Waals surface area contributed by atoms with Crippen molar-refractivity contribution in [3.8, 4) is 0 Å². The monoisotopic (exact) mass is 371 g/mol. The molecule has 3 nitrogen and oxygen atoms in total. The minimum atomic E-state index is -3.41. The van der Waals surface area contributed by atoms with E-state index in [1.807, 2.05) is 0 Å². The molecule has 0 saturated heterocycles. The largest absolute Gasteiger partial charge is 0.250 e. The quantitative estimate of drug-likeness (QED) is 0.872. The van der Waals surface area contributed by atoms with Crippen LogP contribution in [-0.4, -0.2) is 15.0 Å². The molecule has 7 heteroatoms. The van der Waals surface area contributed by atoms with E-state index in [1.54, 1.807) is 0 Å².